The first-order valence-corrected chi connectivity index (χ1v) is 9.50. The Kier molecular flexibility index (Phi) is 6.08. The molecule has 2 aromatic carbocycles. The van der Waals surface area contributed by atoms with Crippen LogP contribution in [0, 0.1) is 11.7 Å². The second kappa shape index (κ2) is 8.50. The molecular weight excluding hydrogens is 380 g/mol. The van der Waals surface area contributed by atoms with Crippen LogP contribution in [0.1, 0.15) is 30.5 Å². The lowest BCUT2D eigenvalue weighted by Gasteiger charge is -2.15. The number of halogens is 1. The van der Waals surface area contributed by atoms with Crippen molar-refractivity contribution >= 4 is 29.7 Å². The van der Waals surface area contributed by atoms with E-state index in [0.29, 0.717) is 22.8 Å². The van der Waals surface area contributed by atoms with Crippen molar-refractivity contribution in [1.29, 1.82) is 0 Å². The molecule has 140 valence electrons. The van der Waals surface area contributed by atoms with Crippen molar-refractivity contribution in [3.63, 3.8) is 0 Å². The zero-order valence-corrected chi connectivity index (χ0v) is 16.8. The molecule has 0 fully saturated rings. The van der Waals surface area contributed by atoms with Gasteiger partial charge in [-0.05, 0) is 49.8 Å². The van der Waals surface area contributed by atoms with E-state index in [0.717, 1.165) is 22.5 Å². The third-order valence-electron chi connectivity index (χ3n) is 4.32. The molecule has 27 heavy (non-hydrogen) atoms. The minimum absolute atomic E-state index is 0.0548. The van der Waals surface area contributed by atoms with Gasteiger partial charge in [0, 0.05) is 23.6 Å². The van der Waals surface area contributed by atoms with E-state index in [-0.39, 0.29) is 11.9 Å². The summed E-state index contributed by atoms with van der Waals surface area (Å²) in [4.78, 5) is 12.4. The molecule has 0 bridgehead atoms. The molecule has 1 amide bonds. The third kappa shape index (κ3) is 4.84. The molecule has 7 heteroatoms. The minimum atomic E-state index is -0.121. The number of nitrogens with one attached hydrogen (secondary N) is 2. The van der Waals surface area contributed by atoms with Gasteiger partial charge in [0.2, 0.25) is 5.91 Å². The van der Waals surface area contributed by atoms with Crippen molar-refractivity contribution in [3.8, 4) is 11.4 Å². The molecule has 0 saturated carbocycles. The Labute approximate surface area is 168 Å². The fourth-order valence-electron chi connectivity index (χ4n) is 2.92. The summed E-state index contributed by atoms with van der Waals surface area (Å²) in [5.41, 5.74) is 3.08. The number of aromatic amines is 1. The van der Waals surface area contributed by atoms with Gasteiger partial charge in [-0.25, -0.2) is 0 Å². The van der Waals surface area contributed by atoms with Crippen LogP contribution in [0.3, 0.4) is 0 Å². The summed E-state index contributed by atoms with van der Waals surface area (Å²) in [5.74, 6) is 0.681. The largest absolute Gasteiger partial charge is 0.350 e. The van der Waals surface area contributed by atoms with Crippen molar-refractivity contribution in [2.24, 2.45) is 0 Å². The van der Waals surface area contributed by atoms with Gasteiger partial charge >= 0.3 is 0 Å². The van der Waals surface area contributed by atoms with Crippen LogP contribution in [-0.4, -0.2) is 20.7 Å². The smallest absolute Gasteiger partial charge is 0.222 e. The Bertz CT molecular complexity index is 1010. The Morgan fingerprint density at radius 3 is 2.81 bits per heavy atom. The molecule has 1 heterocycles. The molecule has 0 spiro atoms. The summed E-state index contributed by atoms with van der Waals surface area (Å²) < 4.78 is 2.36. The number of H-pyrrole nitrogens is 1. The van der Waals surface area contributed by atoms with Crippen molar-refractivity contribution in [1.82, 2.24) is 20.1 Å². The maximum Gasteiger partial charge on any atom is 0.222 e. The normalized spacial score (nSPS) is 12.0. The standard InChI is InChI=1S/C20H21ClN4OS/c1-13-5-3-7-16(11-13)19-23-24-20(27)25(19)10-9-18(26)22-14(2)15-6-4-8-17(21)12-15/h3-8,11-12,14H,9-10H2,1-2H3,(H,22,26)(H,24,27)/t14-/m1/s1. The number of carbonyl (C=O) groups is 1. The summed E-state index contributed by atoms with van der Waals surface area (Å²) in [7, 11) is 0. The zero-order chi connectivity index (χ0) is 19.4. The molecule has 0 aliphatic heterocycles. The van der Waals surface area contributed by atoms with Crippen LogP contribution in [0.5, 0.6) is 0 Å². The third-order valence-corrected chi connectivity index (χ3v) is 4.87. The number of hydrogen-bond donors (Lipinski definition) is 2. The number of aryl methyl sites for hydroxylation is 1. The van der Waals surface area contributed by atoms with E-state index < -0.39 is 0 Å². The van der Waals surface area contributed by atoms with Crippen molar-refractivity contribution in [2.45, 2.75) is 32.9 Å². The number of nitrogens with zero attached hydrogens (tertiary/aromatic N) is 2. The Morgan fingerprint density at radius 1 is 1.30 bits per heavy atom. The second-order valence-corrected chi connectivity index (χ2v) is 7.29. The number of rotatable bonds is 6. The first kappa shape index (κ1) is 19.3. The first-order chi connectivity index (χ1) is 12.9. The summed E-state index contributed by atoms with van der Waals surface area (Å²) >= 11 is 11.4. The molecule has 5 nitrogen and oxygen atoms in total. The predicted octanol–water partition coefficient (Wildman–Crippen LogP) is 4.84. The fourth-order valence-corrected chi connectivity index (χ4v) is 3.34. The fraction of sp³-hybridized carbons (Fsp3) is 0.250. The van der Waals surface area contributed by atoms with Gasteiger partial charge < -0.3 is 5.32 Å². The SMILES string of the molecule is Cc1cccc(-c2n[nH]c(=S)n2CCC(=O)N[C@H](C)c2cccc(Cl)c2)c1. The molecule has 0 saturated heterocycles. The number of aromatic nitrogens is 3. The average molecular weight is 401 g/mol. The second-order valence-electron chi connectivity index (χ2n) is 6.47. The summed E-state index contributed by atoms with van der Waals surface area (Å²) in [6.07, 6.45) is 0.303. The van der Waals surface area contributed by atoms with E-state index in [1.54, 1.807) is 0 Å². The van der Waals surface area contributed by atoms with E-state index in [1.807, 2.05) is 66.9 Å². The number of amides is 1. The highest BCUT2D eigenvalue weighted by atomic mass is 35.5. The lowest BCUT2D eigenvalue weighted by Crippen LogP contribution is -2.27. The van der Waals surface area contributed by atoms with E-state index in [1.165, 1.54) is 0 Å². The maximum absolute atomic E-state index is 12.4. The zero-order valence-electron chi connectivity index (χ0n) is 15.2. The molecule has 3 rings (SSSR count). The van der Waals surface area contributed by atoms with Crippen LogP contribution in [-0.2, 0) is 11.3 Å². The minimum Gasteiger partial charge on any atom is -0.350 e. The highest BCUT2D eigenvalue weighted by molar-refractivity contribution is 7.71. The lowest BCUT2D eigenvalue weighted by atomic mass is 10.1. The number of benzene rings is 2. The van der Waals surface area contributed by atoms with Gasteiger partial charge in [-0.3, -0.25) is 14.5 Å². The van der Waals surface area contributed by atoms with Gasteiger partial charge in [0.25, 0.3) is 0 Å². The van der Waals surface area contributed by atoms with Gasteiger partial charge in [-0.2, -0.15) is 5.10 Å². The quantitative estimate of drug-likeness (QED) is 0.582. The van der Waals surface area contributed by atoms with Crippen LogP contribution >= 0.6 is 23.8 Å². The van der Waals surface area contributed by atoms with Crippen molar-refractivity contribution in [2.75, 3.05) is 0 Å². The molecule has 0 unspecified atom stereocenters. The summed E-state index contributed by atoms with van der Waals surface area (Å²) in [6.45, 7) is 4.41. The monoisotopic (exact) mass is 400 g/mol. The Balaban J connectivity index is 1.67. The average Bonchev–Trinajstić information content (AvgIpc) is 3.00. The summed E-state index contributed by atoms with van der Waals surface area (Å²) in [5, 5.41) is 10.8. The Morgan fingerprint density at radius 2 is 2.07 bits per heavy atom. The summed E-state index contributed by atoms with van der Waals surface area (Å²) in [6, 6.07) is 15.4. The van der Waals surface area contributed by atoms with Crippen LogP contribution in [0.4, 0.5) is 0 Å². The molecule has 1 atom stereocenters. The lowest BCUT2D eigenvalue weighted by molar-refractivity contribution is -0.121. The molecule has 2 N–H and O–H groups in total. The highest BCUT2D eigenvalue weighted by Crippen LogP contribution is 2.20. The number of carbonyl (C=O) groups excluding carboxylic acids is 1. The van der Waals surface area contributed by atoms with Gasteiger partial charge in [0.15, 0.2) is 10.6 Å². The van der Waals surface area contributed by atoms with Crippen LogP contribution < -0.4 is 5.32 Å². The van der Waals surface area contributed by atoms with Crippen molar-refractivity contribution < 1.29 is 4.79 Å². The van der Waals surface area contributed by atoms with E-state index in [4.69, 9.17) is 23.8 Å². The highest BCUT2D eigenvalue weighted by Gasteiger charge is 2.13. The van der Waals surface area contributed by atoms with Gasteiger partial charge in [-0.1, -0.05) is 47.5 Å². The van der Waals surface area contributed by atoms with Crippen LogP contribution in [0.2, 0.25) is 5.02 Å². The van der Waals surface area contributed by atoms with Crippen LogP contribution in [0.25, 0.3) is 11.4 Å². The molecule has 0 aliphatic carbocycles. The predicted molar refractivity (Wildman–Crippen MR) is 110 cm³/mol. The number of hydrogen-bond acceptors (Lipinski definition) is 3. The van der Waals surface area contributed by atoms with Gasteiger partial charge in [0.05, 0.1) is 6.04 Å². The molecule has 0 radical (unpaired) electrons. The van der Waals surface area contributed by atoms with E-state index in [9.17, 15) is 4.79 Å². The van der Waals surface area contributed by atoms with E-state index in [2.05, 4.69) is 15.5 Å². The molecule has 0 aliphatic rings. The van der Waals surface area contributed by atoms with Gasteiger partial charge in [-0.15, -0.1) is 0 Å². The first-order valence-electron chi connectivity index (χ1n) is 8.71. The maximum atomic E-state index is 12.4. The molecule has 3 aromatic rings. The van der Waals surface area contributed by atoms with E-state index >= 15 is 0 Å². The molecular formula is C20H21ClN4OS. The van der Waals surface area contributed by atoms with Crippen LogP contribution in [0.15, 0.2) is 48.5 Å². The molecule has 1 aromatic heterocycles. The van der Waals surface area contributed by atoms with Crippen molar-refractivity contribution in [3.05, 3.63) is 69.5 Å². The van der Waals surface area contributed by atoms with Gasteiger partial charge in [0.1, 0.15) is 0 Å². The Hall–Kier alpha value is -2.44. The topological polar surface area (TPSA) is 62.7 Å².